The van der Waals surface area contributed by atoms with Crippen LogP contribution in [-0.4, -0.2) is 17.6 Å². The third kappa shape index (κ3) is 2.81. The van der Waals surface area contributed by atoms with Crippen LogP contribution in [0.25, 0.3) is 49.5 Å². The van der Waals surface area contributed by atoms with Crippen LogP contribution in [0.3, 0.4) is 0 Å². The van der Waals surface area contributed by atoms with Crippen LogP contribution in [0.5, 0.6) is 0 Å². The lowest BCUT2D eigenvalue weighted by Crippen LogP contribution is -2.33. The molecule has 0 aliphatic carbocycles. The van der Waals surface area contributed by atoms with Crippen molar-refractivity contribution in [3.63, 3.8) is 0 Å². The van der Waals surface area contributed by atoms with E-state index in [1.54, 1.807) is 0 Å². The topological polar surface area (TPSA) is 53.6 Å². The number of hydrogen-bond acceptors (Lipinski definition) is 5. The zero-order valence-corrected chi connectivity index (χ0v) is 18.8. The van der Waals surface area contributed by atoms with Crippen LogP contribution in [0.4, 0.5) is 0 Å². The minimum Gasteiger partial charge on any atom is -0.456 e. The van der Waals surface area contributed by atoms with Gasteiger partial charge in [0.15, 0.2) is 0 Å². The van der Waals surface area contributed by atoms with Crippen molar-refractivity contribution in [1.29, 1.82) is 0 Å². The molecule has 5 nitrogen and oxygen atoms in total. The highest BCUT2D eigenvalue weighted by atomic mass is 16.3. The van der Waals surface area contributed by atoms with E-state index in [0.717, 1.165) is 61.8 Å². The van der Waals surface area contributed by atoms with E-state index in [-0.39, 0.29) is 6.17 Å². The molecule has 35 heavy (non-hydrogen) atoms. The van der Waals surface area contributed by atoms with Crippen LogP contribution in [0.2, 0.25) is 0 Å². The van der Waals surface area contributed by atoms with Crippen LogP contribution in [0, 0.1) is 0 Å². The Morgan fingerprint density at radius 3 is 2.37 bits per heavy atom. The highest BCUT2D eigenvalue weighted by molar-refractivity contribution is 6.15. The zero-order valence-electron chi connectivity index (χ0n) is 18.8. The molecular weight excluding hydrogens is 434 g/mol. The van der Waals surface area contributed by atoms with Crippen molar-refractivity contribution in [3.05, 3.63) is 114 Å². The Labute approximate surface area is 201 Å². The number of nitrogens with one attached hydrogen (secondary N) is 2. The number of rotatable bonds is 2. The lowest BCUT2D eigenvalue weighted by Gasteiger charge is -2.22. The van der Waals surface area contributed by atoms with Gasteiger partial charge in [-0.2, -0.15) is 0 Å². The largest absolute Gasteiger partial charge is 0.456 e. The van der Waals surface area contributed by atoms with Gasteiger partial charge in [-0.3, -0.25) is 0 Å². The predicted molar refractivity (Wildman–Crippen MR) is 140 cm³/mol. The Balaban J connectivity index is 1.18. The summed E-state index contributed by atoms with van der Waals surface area (Å²) in [5.74, 6) is 0. The molecule has 8 rings (SSSR count). The zero-order chi connectivity index (χ0) is 22.9. The van der Waals surface area contributed by atoms with E-state index >= 15 is 0 Å². The van der Waals surface area contributed by atoms with E-state index in [0.29, 0.717) is 0 Å². The number of para-hydroxylation sites is 1. The maximum Gasteiger partial charge on any atom is 0.136 e. The molecule has 0 saturated carbocycles. The molecule has 3 aromatic carbocycles. The van der Waals surface area contributed by atoms with E-state index in [9.17, 15) is 0 Å². The Kier molecular flexibility index (Phi) is 3.71. The van der Waals surface area contributed by atoms with Crippen molar-refractivity contribution in [1.82, 2.24) is 15.5 Å². The minimum absolute atomic E-state index is 0.193. The van der Waals surface area contributed by atoms with E-state index in [1.165, 1.54) is 11.1 Å². The first kappa shape index (κ1) is 18.7. The first-order valence-corrected chi connectivity index (χ1v) is 11.8. The molecule has 0 saturated heterocycles. The Hall–Kier alpha value is -4.64. The van der Waals surface area contributed by atoms with E-state index in [2.05, 4.69) is 88.6 Å². The Morgan fingerprint density at radius 1 is 0.743 bits per heavy atom. The number of dihydropyridines is 1. The molecule has 1 unspecified atom stereocenters. The molecule has 3 aliphatic rings. The van der Waals surface area contributed by atoms with Gasteiger partial charge in [-0.25, -0.2) is 0 Å². The molecule has 3 aliphatic heterocycles. The molecule has 2 N–H and O–H groups in total. The van der Waals surface area contributed by atoms with Gasteiger partial charge in [0.05, 0.1) is 11.4 Å². The maximum atomic E-state index is 6.23. The van der Waals surface area contributed by atoms with Gasteiger partial charge in [0.1, 0.15) is 28.5 Å². The quantitative estimate of drug-likeness (QED) is 0.318. The molecule has 5 heterocycles. The SMILES string of the molecule is C1=CC2NC(C3=CC=C(c4ccc5oc6cc7c(cc6c5c4)oc4ccccc47)CN3)=CN2C=C1. The van der Waals surface area contributed by atoms with Gasteiger partial charge in [-0.1, -0.05) is 36.4 Å². The molecule has 2 aromatic heterocycles. The van der Waals surface area contributed by atoms with Crippen molar-refractivity contribution >= 4 is 49.5 Å². The normalized spacial score (nSPS) is 19.1. The number of furan rings is 2. The molecule has 5 aromatic rings. The Bertz CT molecular complexity index is 1840. The fourth-order valence-electron chi connectivity index (χ4n) is 5.32. The number of hydrogen-bond donors (Lipinski definition) is 2. The fraction of sp³-hybridized carbons (Fsp3) is 0.0667. The second kappa shape index (κ2) is 6.93. The summed E-state index contributed by atoms with van der Waals surface area (Å²) in [5, 5.41) is 11.5. The average Bonchev–Trinajstić information content (AvgIpc) is 3.60. The van der Waals surface area contributed by atoms with Gasteiger partial charge >= 0.3 is 0 Å². The number of nitrogens with zero attached hydrogens (tertiary/aromatic N) is 1. The summed E-state index contributed by atoms with van der Waals surface area (Å²) < 4.78 is 12.4. The molecule has 0 spiro atoms. The predicted octanol–water partition coefficient (Wildman–Crippen LogP) is 6.51. The monoisotopic (exact) mass is 455 g/mol. The molecule has 0 fully saturated rings. The van der Waals surface area contributed by atoms with Gasteiger partial charge in [0.2, 0.25) is 0 Å². The summed E-state index contributed by atoms with van der Waals surface area (Å²) in [7, 11) is 0. The van der Waals surface area contributed by atoms with Gasteiger partial charge in [-0.15, -0.1) is 0 Å². The molecule has 1 atom stereocenters. The highest BCUT2D eigenvalue weighted by Crippen LogP contribution is 2.37. The molecular formula is C30H21N3O2. The van der Waals surface area contributed by atoms with Crippen molar-refractivity contribution in [2.45, 2.75) is 6.17 Å². The summed E-state index contributed by atoms with van der Waals surface area (Å²) in [6.45, 7) is 0.760. The van der Waals surface area contributed by atoms with Crippen molar-refractivity contribution < 1.29 is 8.83 Å². The summed E-state index contributed by atoms with van der Waals surface area (Å²) in [6, 6.07) is 18.8. The summed E-state index contributed by atoms with van der Waals surface area (Å²) >= 11 is 0. The summed E-state index contributed by atoms with van der Waals surface area (Å²) in [6.07, 6.45) is 15.0. The van der Waals surface area contributed by atoms with E-state index in [4.69, 9.17) is 8.83 Å². The van der Waals surface area contributed by atoms with E-state index < -0.39 is 0 Å². The number of fused-ring (bicyclic) bond motifs is 7. The maximum absolute atomic E-state index is 6.23. The van der Waals surface area contributed by atoms with Crippen LogP contribution >= 0.6 is 0 Å². The van der Waals surface area contributed by atoms with Crippen molar-refractivity contribution in [2.75, 3.05) is 6.54 Å². The minimum atomic E-state index is 0.193. The van der Waals surface area contributed by atoms with Crippen molar-refractivity contribution in [2.24, 2.45) is 0 Å². The van der Waals surface area contributed by atoms with Gasteiger partial charge in [-0.05, 0) is 59.7 Å². The first-order chi connectivity index (χ1) is 17.3. The number of allylic oxidation sites excluding steroid dienone is 4. The average molecular weight is 456 g/mol. The summed E-state index contributed by atoms with van der Waals surface area (Å²) in [5.41, 5.74) is 8.19. The number of benzene rings is 3. The van der Waals surface area contributed by atoms with Gasteiger partial charge < -0.3 is 24.4 Å². The third-order valence-corrected chi connectivity index (χ3v) is 7.12. The van der Waals surface area contributed by atoms with Crippen LogP contribution < -0.4 is 10.6 Å². The standard InChI is InChI=1S/C30H21N3O2/c1-2-6-26-20(5-1)22-14-29-23(15-28(22)34-26)21-13-18(9-11-27(21)35-29)19-8-10-24(31-16-19)25-17-33-12-4-3-7-30(33)32-25/h1-15,17,30-32H,16H2. The Morgan fingerprint density at radius 2 is 1.54 bits per heavy atom. The van der Waals surface area contributed by atoms with Crippen molar-refractivity contribution in [3.8, 4) is 0 Å². The molecule has 0 bridgehead atoms. The first-order valence-electron chi connectivity index (χ1n) is 11.8. The smallest absolute Gasteiger partial charge is 0.136 e. The second-order valence-electron chi connectivity index (χ2n) is 9.19. The molecule has 5 heteroatoms. The van der Waals surface area contributed by atoms with Crippen LogP contribution in [0.1, 0.15) is 5.56 Å². The van der Waals surface area contributed by atoms with Gasteiger partial charge in [0, 0.05) is 40.5 Å². The van der Waals surface area contributed by atoms with Crippen LogP contribution in [0.15, 0.2) is 118 Å². The molecule has 168 valence electrons. The summed E-state index contributed by atoms with van der Waals surface area (Å²) in [4.78, 5) is 2.17. The lowest BCUT2D eigenvalue weighted by molar-refractivity contribution is 0.424. The van der Waals surface area contributed by atoms with Gasteiger partial charge in [0.25, 0.3) is 0 Å². The second-order valence-corrected chi connectivity index (χ2v) is 9.19. The van der Waals surface area contributed by atoms with Crippen LogP contribution in [-0.2, 0) is 0 Å². The molecule has 0 amide bonds. The highest BCUT2D eigenvalue weighted by Gasteiger charge is 2.24. The molecule has 0 radical (unpaired) electrons. The van der Waals surface area contributed by atoms with E-state index in [1.807, 2.05) is 24.3 Å². The lowest BCUT2D eigenvalue weighted by atomic mass is 10.00. The fourth-order valence-corrected chi connectivity index (χ4v) is 5.32. The third-order valence-electron chi connectivity index (χ3n) is 7.12.